The Kier molecular flexibility index (Phi) is 12.4. The minimum Gasteiger partial charge on any atom is -0.383 e. The van der Waals surface area contributed by atoms with E-state index in [1.165, 1.54) is 0 Å². The van der Waals surface area contributed by atoms with Crippen LogP contribution in [0.25, 0.3) is 0 Å². The second kappa shape index (κ2) is 14.8. The molecule has 178 valence electrons. The zero-order chi connectivity index (χ0) is 24.8. The summed E-state index contributed by atoms with van der Waals surface area (Å²) in [6.45, 7) is 6.92. The summed E-state index contributed by atoms with van der Waals surface area (Å²) in [5.41, 5.74) is 2.86. The van der Waals surface area contributed by atoms with Crippen molar-refractivity contribution in [2.24, 2.45) is 0 Å². The van der Waals surface area contributed by atoms with Gasteiger partial charge in [0.25, 0.3) is 12.4 Å². The summed E-state index contributed by atoms with van der Waals surface area (Å²) >= 11 is 11.3. The summed E-state index contributed by atoms with van der Waals surface area (Å²) in [7, 11) is 0. The van der Waals surface area contributed by atoms with Crippen LogP contribution in [0.15, 0.2) is 60.5 Å². The van der Waals surface area contributed by atoms with Crippen molar-refractivity contribution in [2.45, 2.75) is 33.1 Å². The van der Waals surface area contributed by atoms with Gasteiger partial charge < -0.3 is 10.6 Å². The van der Waals surface area contributed by atoms with Gasteiger partial charge in [0.15, 0.2) is 0 Å². The molecule has 0 aliphatic rings. The second-order valence-corrected chi connectivity index (χ2v) is 7.45. The molecule has 12 heteroatoms. The number of allylic oxidation sites excluding steroid dienone is 2. The lowest BCUT2D eigenvalue weighted by molar-refractivity contribution is -0.404. The first-order valence-electron chi connectivity index (χ1n) is 10.0. The van der Waals surface area contributed by atoms with Crippen molar-refractivity contribution in [3.05, 3.63) is 102 Å². The molecule has 2 N–H and O–H groups in total. The monoisotopic (exact) mass is 496 g/mol. The Bertz CT molecular complexity index is 966. The number of pyridine rings is 2. The van der Waals surface area contributed by atoms with E-state index in [-0.39, 0.29) is 5.92 Å². The molecule has 0 amide bonds. The van der Waals surface area contributed by atoms with Crippen LogP contribution in [0.3, 0.4) is 0 Å². The van der Waals surface area contributed by atoms with Crippen LogP contribution < -0.4 is 10.6 Å². The van der Waals surface area contributed by atoms with Crippen molar-refractivity contribution in [3.8, 4) is 0 Å². The van der Waals surface area contributed by atoms with Crippen LogP contribution in [-0.2, 0) is 6.42 Å². The number of nitrogens with one attached hydrogen (secondary N) is 2. The molecule has 0 saturated heterocycles. The van der Waals surface area contributed by atoms with Crippen molar-refractivity contribution in [3.63, 3.8) is 0 Å². The van der Waals surface area contributed by atoms with Crippen LogP contribution in [-0.4, -0.2) is 32.9 Å². The van der Waals surface area contributed by atoms with Crippen LogP contribution in [0.5, 0.6) is 0 Å². The first-order valence-corrected chi connectivity index (χ1v) is 10.8. The highest BCUT2D eigenvalue weighted by atomic mass is 35.5. The molecule has 1 atom stereocenters. The summed E-state index contributed by atoms with van der Waals surface area (Å²) in [6, 6.07) is 6.93. The highest BCUT2D eigenvalue weighted by Gasteiger charge is 2.14. The van der Waals surface area contributed by atoms with E-state index in [9.17, 15) is 20.2 Å². The first kappa shape index (κ1) is 27.8. The molecule has 2 rings (SSSR count). The SMILES string of the molecule is CCN/C(=C\[N+](=O)[O-])C(C)c1ccc(Cl)nc1.CCN/C(=C\[N+](=O)[O-])Cc1ccc(Cl)nc1. The molecule has 2 aromatic rings. The van der Waals surface area contributed by atoms with E-state index in [0.29, 0.717) is 41.2 Å². The molecule has 2 heterocycles. The van der Waals surface area contributed by atoms with Crippen molar-refractivity contribution < 1.29 is 9.85 Å². The lowest BCUT2D eigenvalue weighted by Crippen LogP contribution is -2.18. The third-order valence-corrected chi connectivity index (χ3v) is 4.64. The number of nitrogens with zero attached hydrogens (tertiary/aromatic N) is 4. The van der Waals surface area contributed by atoms with Crippen molar-refractivity contribution in [2.75, 3.05) is 13.1 Å². The maximum atomic E-state index is 10.5. The molecule has 1 unspecified atom stereocenters. The fourth-order valence-electron chi connectivity index (χ4n) is 2.69. The number of nitro groups is 2. The Morgan fingerprint density at radius 2 is 1.55 bits per heavy atom. The lowest BCUT2D eigenvalue weighted by atomic mass is 10.00. The number of hydrogen-bond donors (Lipinski definition) is 2. The highest BCUT2D eigenvalue weighted by molar-refractivity contribution is 6.29. The van der Waals surface area contributed by atoms with Crippen LogP contribution in [0.1, 0.15) is 37.8 Å². The maximum Gasteiger partial charge on any atom is 0.253 e. The molecule has 0 saturated carbocycles. The van der Waals surface area contributed by atoms with Gasteiger partial charge in [-0.15, -0.1) is 0 Å². The standard InChI is InChI=1S/C11H14ClN3O2.C10H12ClN3O2/c1-3-13-10(7-15(16)17)8(2)9-4-5-11(12)14-6-9;1-2-12-9(7-14(15)16)5-8-3-4-10(11)13-6-8/h4-8,13H,3H2,1-2H3;3-4,6-7,12H,2,5H2,1H3/b10-7-;9-7-. The minimum absolute atomic E-state index is 0.120. The Hall–Kier alpha value is -3.24. The van der Waals surface area contributed by atoms with Gasteiger partial charge in [-0.2, -0.15) is 0 Å². The predicted molar refractivity (Wildman–Crippen MR) is 128 cm³/mol. The highest BCUT2D eigenvalue weighted by Crippen LogP contribution is 2.22. The second-order valence-electron chi connectivity index (χ2n) is 6.67. The fourth-order valence-corrected chi connectivity index (χ4v) is 2.91. The van der Waals surface area contributed by atoms with E-state index < -0.39 is 9.85 Å². The van der Waals surface area contributed by atoms with Gasteiger partial charge in [-0.25, -0.2) is 9.97 Å². The number of likely N-dealkylation sites (N-methyl/N-ethyl adjacent to an activating group) is 2. The average molecular weight is 497 g/mol. The Balaban J connectivity index is 0.000000331. The predicted octanol–water partition coefficient (Wildman–Crippen LogP) is 4.57. The summed E-state index contributed by atoms with van der Waals surface area (Å²) < 4.78 is 0. The van der Waals surface area contributed by atoms with Crippen LogP contribution in [0.4, 0.5) is 0 Å². The van der Waals surface area contributed by atoms with Crippen LogP contribution in [0.2, 0.25) is 10.3 Å². The van der Waals surface area contributed by atoms with Gasteiger partial charge in [-0.1, -0.05) is 42.3 Å². The van der Waals surface area contributed by atoms with Gasteiger partial charge in [-0.3, -0.25) is 20.2 Å². The molecule has 0 aliphatic heterocycles. The van der Waals surface area contributed by atoms with E-state index in [2.05, 4.69) is 20.6 Å². The van der Waals surface area contributed by atoms with E-state index in [1.807, 2.05) is 26.8 Å². The summed E-state index contributed by atoms with van der Waals surface area (Å²) in [4.78, 5) is 27.9. The molecular formula is C21H26Cl2N6O4. The molecule has 2 aromatic heterocycles. The van der Waals surface area contributed by atoms with Crippen molar-refractivity contribution in [1.29, 1.82) is 0 Å². The smallest absolute Gasteiger partial charge is 0.253 e. The largest absolute Gasteiger partial charge is 0.383 e. The van der Waals surface area contributed by atoms with Gasteiger partial charge in [-0.05, 0) is 37.1 Å². The summed E-state index contributed by atoms with van der Waals surface area (Å²) in [5, 5.41) is 27.6. The minimum atomic E-state index is -0.471. The zero-order valence-electron chi connectivity index (χ0n) is 18.5. The number of aromatic nitrogens is 2. The number of hydrogen-bond acceptors (Lipinski definition) is 8. The normalized spacial score (nSPS) is 12.3. The topological polar surface area (TPSA) is 136 Å². The Morgan fingerprint density at radius 1 is 0.970 bits per heavy atom. The van der Waals surface area contributed by atoms with Crippen LogP contribution in [0, 0.1) is 20.2 Å². The first-order chi connectivity index (χ1) is 15.7. The van der Waals surface area contributed by atoms with Crippen LogP contribution >= 0.6 is 23.2 Å². The molecule has 10 nitrogen and oxygen atoms in total. The van der Waals surface area contributed by atoms with Gasteiger partial charge in [0.05, 0.1) is 21.2 Å². The average Bonchev–Trinajstić information content (AvgIpc) is 2.75. The molecule has 0 radical (unpaired) electrons. The third kappa shape index (κ3) is 11.3. The quantitative estimate of drug-likeness (QED) is 0.277. The fraction of sp³-hybridized carbons (Fsp3) is 0.333. The van der Waals surface area contributed by atoms with E-state index in [4.69, 9.17) is 23.2 Å². The van der Waals surface area contributed by atoms with Crippen molar-refractivity contribution in [1.82, 2.24) is 20.6 Å². The Labute approximate surface area is 202 Å². The molecular weight excluding hydrogens is 471 g/mol. The molecule has 0 aromatic carbocycles. The molecule has 0 aliphatic carbocycles. The zero-order valence-corrected chi connectivity index (χ0v) is 20.0. The van der Waals surface area contributed by atoms with Gasteiger partial charge in [0.2, 0.25) is 0 Å². The number of halogens is 2. The summed E-state index contributed by atoms with van der Waals surface area (Å²) in [5.74, 6) is -0.120. The van der Waals surface area contributed by atoms with E-state index >= 15 is 0 Å². The van der Waals surface area contributed by atoms with E-state index in [0.717, 1.165) is 23.5 Å². The van der Waals surface area contributed by atoms with E-state index in [1.54, 1.807) is 30.6 Å². The van der Waals surface area contributed by atoms with Crippen molar-refractivity contribution >= 4 is 23.2 Å². The lowest BCUT2D eigenvalue weighted by Gasteiger charge is -2.14. The van der Waals surface area contributed by atoms with Gasteiger partial charge in [0.1, 0.15) is 10.3 Å². The molecule has 0 bridgehead atoms. The molecule has 0 fully saturated rings. The Morgan fingerprint density at radius 3 is 2.00 bits per heavy atom. The van der Waals surface area contributed by atoms with Gasteiger partial charge in [0, 0.05) is 37.8 Å². The molecule has 0 spiro atoms. The summed E-state index contributed by atoms with van der Waals surface area (Å²) in [6.07, 6.45) is 5.63. The third-order valence-electron chi connectivity index (χ3n) is 4.19. The number of rotatable bonds is 10. The van der Waals surface area contributed by atoms with Gasteiger partial charge >= 0.3 is 0 Å². The maximum absolute atomic E-state index is 10.5. The molecule has 33 heavy (non-hydrogen) atoms.